The summed E-state index contributed by atoms with van der Waals surface area (Å²) in [6.45, 7) is 5.91. The van der Waals surface area contributed by atoms with E-state index in [9.17, 15) is 9.59 Å². The fourth-order valence-electron chi connectivity index (χ4n) is 2.66. The predicted octanol–water partition coefficient (Wildman–Crippen LogP) is 2.31. The molecule has 7 nitrogen and oxygen atoms in total. The van der Waals surface area contributed by atoms with Gasteiger partial charge in [0.2, 0.25) is 0 Å². The molecule has 0 radical (unpaired) electrons. The van der Waals surface area contributed by atoms with E-state index in [0.29, 0.717) is 23.6 Å². The van der Waals surface area contributed by atoms with Crippen LogP contribution in [0.15, 0.2) is 46.6 Å². The Morgan fingerprint density at radius 1 is 1.22 bits per heavy atom. The Hall–Kier alpha value is -2.67. The van der Waals surface area contributed by atoms with Crippen LogP contribution in [0.4, 0.5) is 4.79 Å². The number of ketones is 1. The molecular weight excluding hydrogens is 346 g/mol. The van der Waals surface area contributed by atoms with Gasteiger partial charge >= 0.3 is 6.09 Å². The molecule has 146 valence electrons. The fourth-order valence-corrected chi connectivity index (χ4v) is 2.66. The number of hydrogen-bond donors (Lipinski definition) is 1. The monoisotopic (exact) mass is 373 g/mol. The Bertz CT molecular complexity index is 748. The molecule has 0 saturated carbocycles. The fraction of sp³-hybridized carbons (Fsp3) is 0.450. The van der Waals surface area contributed by atoms with Crippen LogP contribution in [0.1, 0.15) is 26.3 Å². The number of Topliss-reactive ketones (excluding diaryl/α,β-unsaturated/α-hetero) is 1. The maximum Gasteiger partial charge on any atom is 0.411 e. The number of carbonyl (C=O) groups excluding carboxylic acids is 2. The Labute approximate surface area is 159 Å². The summed E-state index contributed by atoms with van der Waals surface area (Å²) in [5.74, 6) is -0.270. The van der Waals surface area contributed by atoms with Gasteiger partial charge in [-0.05, 0) is 26.3 Å². The van der Waals surface area contributed by atoms with Crippen molar-refractivity contribution in [2.24, 2.45) is 10.7 Å². The quantitative estimate of drug-likeness (QED) is 0.817. The van der Waals surface area contributed by atoms with Gasteiger partial charge in [-0.1, -0.05) is 30.3 Å². The number of ether oxygens (including phenoxy) is 2. The largest absolute Gasteiger partial charge is 0.444 e. The van der Waals surface area contributed by atoms with E-state index in [-0.39, 0.29) is 25.5 Å². The van der Waals surface area contributed by atoms with Crippen LogP contribution in [0.5, 0.6) is 0 Å². The van der Waals surface area contributed by atoms with Crippen molar-refractivity contribution in [3.63, 3.8) is 0 Å². The average molecular weight is 373 g/mol. The van der Waals surface area contributed by atoms with Crippen molar-refractivity contribution in [2.45, 2.75) is 33.0 Å². The molecular formula is C20H27N3O4. The summed E-state index contributed by atoms with van der Waals surface area (Å²) in [5.41, 5.74) is 7.61. The summed E-state index contributed by atoms with van der Waals surface area (Å²) in [7, 11) is 1.57. The Balaban J connectivity index is 2.05. The minimum atomic E-state index is -0.635. The lowest BCUT2D eigenvalue weighted by molar-refractivity contribution is -0.116. The molecule has 1 aliphatic heterocycles. The molecule has 2 rings (SSSR count). The van der Waals surface area contributed by atoms with Crippen molar-refractivity contribution >= 4 is 17.6 Å². The highest BCUT2D eigenvalue weighted by Gasteiger charge is 2.33. The molecule has 1 aromatic rings. The highest BCUT2D eigenvalue weighted by Crippen LogP contribution is 2.17. The zero-order chi connectivity index (χ0) is 20.0. The Morgan fingerprint density at radius 3 is 2.48 bits per heavy atom. The second-order valence-electron chi connectivity index (χ2n) is 7.31. The molecule has 0 atom stereocenters. The number of nitrogens with two attached hydrogens (primary N) is 1. The van der Waals surface area contributed by atoms with Crippen LogP contribution in [-0.4, -0.2) is 54.8 Å². The second-order valence-corrected chi connectivity index (χ2v) is 7.31. The van der Waals surface area contributed by atoms with Gasteiger partial charge in [-0.3, -0.25) is 14.7 Å². The number of carbonyl (C=O) groups is 2. The number of nitrogens with zero attached hydrogens (tertiary/aromatic N) is 2. The van der Waals surface area contributed by atoms with Crippen LogP contribution in [-0.2, 0) is 20.9 Å². The zero-order valence-corrected chi connectivity index (χ0v) is 16.3. The molecule has 1 saturated heterocycles. The third kappa shape index (κ3) is 5.92. The minimum Gasteiger partial charge on any atom is -0.444 e. The van der Waals surface area contributed by atoms with Gasteiger partial charge in [-0.15, -0.1) is 0 Å². The average Bonchev–Trinajstić information content (AvgIpc) is 2.60. The highest BCUT2D eigenvalue weighted by atomic mass is 16.6. The normalized spacial score (nSPS) is 18.6. The molecule has 1 fully saturated rings. The number of benzene rings is 1. The number of amides is 1. The Morgan fingerprint density at radius 2 is 1.89 bits per heavy atom. The molecule has 0 bridgehead atoms. The van der Waals surface area contributed by atoms with Crippen molar-refractivity contribution in [1.82, 2.24) is 4.90 Å². The number of rotatable bonds is 4. The van der Waals surface area contributed by atoms with Crippen molar-refractivity contribution in [3.8, 4) is 0 Å². The summed E-state index contributed by atoms with van der Waals surface area (Å²) >= 11 is 0. The predicted molar refractivity (Wildman–Crippen MR) is 103 cm³/mol. The first-order valence-corrected chi connectivity index (χ1v) is 8.78. The van der Waals surface area contributed by atoms with Gasteiger partial charge in [0.15, 0.2) is 5.78 Å². The first-order chi connectivity index (χ1) is 12.7. The SMILES string of the molecule is CN=C1CN(C(=O)OC(C)(C)C)CC(=O)C1=C(N)COCc1ccccc1. The molecule has 1 aliphatic rings. The molecule has 2 N–H and O–H groups in total. The van der Waals surface area contributed by atoms with Crippen LogP contribution in [0.3, 0.4) is 0 Å². The van der Waals surface area contributed by atoms with Gasteiger partial charge in [0.05, 0.1) is 37.6 Å². The minimum absolute atomic E-state index is 0.0946. The maximum absolute atomic E-state index is 12.6. The molecule has 0 unspecified atom stereocenters. The van der Waals surface area contributed by atoms with Crippen LogP contribution in [0.25, 0.3) is 0 Å². The van der Waals surface area contributed by atoms with E-state index in [2.05, 4.69) is 4.99 Å². The number of hydrogen-bond acceptors (Lipinski definition) is 6. The lowest BCUT2D eigenvalue weighted by Gasteiger charge is -2.31. The molecule has 27 heavy (non-hydrogen) atoms. The summed E-state index contributed by atoms with van der Waals surface area (Å²) in [6, 6.07) is 9.69. The molecule has 0 aromatic heterocycles. The maximum atomic E-state index is 12.6. The van der Waals surface area contributed by atoms with Crippen molar-refractivity contribution < 1.29 is 19.1 Å². The summed E-state index contributed by atoms with van der Waals surface area (Å²) in [4.78, 5) is 30.3. The van der Waals surface area contributed by atoms with Gasteiger partial charge in [-0.2, -0.15) is 0 Å². The van der Waals surface area contributed by atoms with Crippen LogP contribution in [0.2, 0.25) is 0 Å². The van der Waals surface area contributed by atoms with E-state index in [1.807, 2.05) is 30.3 Å². The highest BCUT2D eigenvalue weighted by molar-refractivity contribution is 6.26. The van der Waals surface area contributed by atoms with Gasteiger partial charge in [-0.25, -0.2) is 4.79 Å². The van der Waals surface area contributed by atoms with E-state index in [4.69, 9.17) is 15.2 Å². The third-order valence-electron chi connectivity index (χ3n) is 3.85. The number of aliphatic imine (C=N–C) groups is 1. The van der Waals surface area contributed by atoms with Crippen molar-refractivity contribution in [1.29, 1.82) is 0 Å². The first kappa shape index (κ1) is 20.6. The van der Waals surface area contributed by atoms with Gasteiger partial charge in [0.1, 0.15) is 5.60 Å². The lowest BCUT2D eigenvalue weighted by Crippen LogP contribution is -2.48. The zero-order valence-electron chi connectivity index (χ0n) is 16.3. The summed E-state index contributed by atoms with van der Waals surface area (Å²) < 4.78 is 11.0. The summed E-state index contributed by atoms with van der Waals surface area (Å²) in [5, 5.41) is 0. The van der Waals surface area contributed by atoms with Crippen LogP contribution in [0, 0.1) is 0 Å². The topological polar surface area (TPSA) is 94.2 Å². The number of likely N-dealkylation sites (tertiary alicyclic amines) is 1. The van der Waals surface area contributed by atoms with Gasteiger partial charge in [0.25, 0.3) is 0 Å². The van der Waals surface area contributed by atoms with E-state index in [1.54, 1.807) is 27.8 Å². The molecule has 1 amide bonds. The summed E-state index contributed by atoms with van der Waals surface area (Å²) in [6.07, 6.45) is -0.546. The van der Waals surface area contributed by atoms with Crippen LogP contribution < -0.4 is 5.73 Å². The molecule has 7 heteroatoms. The van der Waals surface area contributed by atoms with Gasteiger partial charge < -0.3 is 15.2 Å². The molecule has 1 heterocycles. The standard InChI is InChI=1S/C20H27N3O4/c1-20(2,3)27-19(25)23-10-16(22-4)18(17(24)11-23)15(21)13-26-12-14-8-6-5-7-9-14/h5-9H,10-13,21H2,1-4H3. The Kier molecular flexibility index (Phi) is 6.74. The smallest absolute Gasteiger partial charge is 0.411 e. The van der Waals surface area contributed by atoms with E-state index >= 15 is 0 Å². The van der Waals surface area contributed by atoms with E-state index < -0.39 is 11.7 Å². The number of piperidine rings is 1. The van der Waals surface area contributed by atoms with Gasteiger partial charge in [0, 0.05) is 12.7 Å². The van der Waals surface area contributed by atoms with Crippen molar-refractivity contribution in [3.05, 3.63) is 47.2 Å². The first-order valence-electron chi connectivity index (χ1n) is 8.78. The molecule has 1 aromatic carbocycles. The second kappa shape index (κ2) is 8.81. The molecule has 0 spiro atoms. The molecule has 0 aliphatic carbocycles. The van der Waals surface area contributed by atoms with Crippen molar-refractivity contribution in [2.75, 3.05) is 26.7 Å². The third-order valence-corrected chi connectivity index (χ3v) is 3.85. The van der Waals surface area contributed by atoms with E-state index in [0.717, 1.165) is 5.56 Å². The van der Waals surface area contributed by atoms with E-state index in [1.165, 1.54) is 4.90 Å². The lowest BCUT2D eigenvalue weighted by atomic mass is 9.98. The van der Waals surface area contributed by atoms with Crippen LogP contribution >= 0.6 is 0 Å².